The van der Waals surface area contributed by atoms with E-state index < -0.39 is 0 Å². The topological polar surface area (TPSA) is 87.8 Å². The van der Waals surface area contributed by atoms with Crippen LogP contribution in [0.25, 0.3) is 10.9 Å². The van der Waals surface area contributed by atoms with Gasteiger partial charge in [-0.1, -0.05) is 12.1 Å². The summed E-state index contributed by atoms with van der Waals surface area (Å²) in [7, 11) is 0. The predicted octanol–water partition coefficient (Wildman–Crippen LogP) is 2.69. The van der Waals surface area contributed by atoms with Crippen molar-refractivity contribution in [3.63, 3.8) is 0 Å². The fourth-order valence-electron chi connectivity index (χ4n) is 2.53. The number of hydrogen-bond acceptors (Lipinski definition) is 4. The number of aryl methyl sites for hydroxylation is 1. The van der Waals surface area contributed by atoms with Gasteiger partial charge in [-0.25, -0.2) is 4.98 Å². The molecule has 0 bridgehead atoms. The van der Waals surface area contributed by atoms with Crippen LogP contribution in [-0.2, 0) is 11.3 Å². The van der Waals surface area contributed by atoms with Gasteiger partial charge in [-0.3, -0.25) is 14.2 Å². The Morgan fingerprint density at radius 1 is 1.16 bits per heavy atom. The summed E-state index contributed by atoms with van der Waals surface area (Å²) in [6, 6.07) is 15.9. The number of nitrogens with zero attached hydrogens (tertiary/aromatic N) is 3. The Bertz CT molecular complexity index is 1000. The van der Waals surface area contributed by atoms with E-state index in [4.69, 9.17) is 5.26 Å². The highest BCUT2D eigenvalue weighted by atomic mass is 16.1. The second-order valence-corrected chi connectivity index (χ2v) is 5.60. The molecular formula is C19H16N4O2. The van der Waals surface area contributed by atoms with Crippen molar-refractivity contribution in [3.8, 4) is 6.07 Å². The quantitative estimate of drug-likeness (QED) is 0.778. The summed E-state index contributed by atoms with van der Waals surface area (Å²) in [5, 5.41) is 12.1. The normalized spacial score (nSPS) is 10.4. The zero-order chi connectivity index (χ0) is 17.6. The van der Waals surface area contributed by atoms with E-state index in [2.05, 4.69) is 10.3 Å². The van der Waals surface area contributed by atoms with E-state index in [1.165, 1.54) is 10.9 Å². The van der Waals surface area contributed by atoms with Crippen molar-refractivity contribution in [1.82, 2.24) is 9.55 Å². The van der Waals surface area contributed by atoms with Gasteiger partial charge < -0.3 is 5.32 Å². The second-order valence-electron chi connectivity index (χ2n) is 5.60. The summed E-state index contributed by atoms with van der Waals surface area (Å²) in [6.07, 6.45) is 2.34. The summed E-state index contributed by atoms with van der Waals surface area (Å²) in [4.78, 5) is 28.6. The van der Waals surface area contributed by atoms with Gasteiger partial charge in [-0.2, -0.15) is 5.26 Å². The SMILES string of the molecule is N#Cc1ccc(NC(=O)CCCn2cnc3ccccc3c2=O)cc1. The number of nitrogens with one attached hydrogen (secondary N) is 1. The number of para-hydroxylation sites is 1. The maximum Gasteiger partial charge on any atom is 0.261 e. The number of fused-ring (bicyclic) bond motifs is 1. The third-order valence-electron chi connectivity index (χ3n) is 3.83. The zero-order valence-electron chi connectivity index (χ0n) is 13.5. The van der Waals surface area contributed by atoms with E-state index in [1.54, 1.807) is 42.5 Å². The number of nitriles is 1. The molecule has 6 nitrogen and oxygen atoms in total. The van der Waals surface area contributed by atoms with Crippen molar-refractivity contribution in [2.24, 2.45) is 0 Å². The first-order valence-corrected chi connectivity index (χ1v) is 7.91. The molecule has 0 radical (unpaired) electrons. The number of carbonyl (C=O) groups is 1. The molecule has 0 atom stereocenters. The molecule has 6 heteroatoms. The molecular weight excluding hydrogens is 316 g/mol. The van der Waals surface area contributed by atoms with Gasteiger partial charge in [0.2, 0.25) is 5.91 Å². The molecule has 0 saturated carbocycles. The molecule has 1 aromatic heterocycles. The molecule has 0 saturated heterocycles. The van der Waals surface area contributed by atoms with Gasteiger partial charge in [-0.05, 0) is 42.8 Å². The number of rotatable bonds is 5. The fourth-order valence-corrected chi connectivity index (χ4v) is 2.53. The monoisotopic (exact) mass is 332 g/mol. The minimum Gasteiger partial charge on any atom is -0.326 e. The second kappa shape index (κ2) is 7.41. The zero-order valence-corrected chi connectivity index (χ0v) is 13.5. The third kappa shape index (κ3) is 3.90. The largest absolute Gasteiger partial charge is 0.326 e. The fraction of sp³-hybridized carbons (Fsp3) is 0.158. The number of hydrogen-bond donors (Lipinski definition) is 1. The molecule has 0 unspecified atom stereocenters. The van der Waals surface area contributed by atoms with Crippen LogP contribution in [0.5, 0.6) is 0 Å². The van der Waals surface area contributed by atoms with E-state index >= 15 is 0 Å². The molecule has 0 aliphatic heterocycles. The highest BCUT2D eigenvalue weighted by Crippen LogP contribution is 2.10. The molecule has 3 aromatic rings. The molecule has 1 N–H and O–H groups in total. The van der Waals surface area contributed by atoms with Crippen LogP contribution in [0, 0.1) is 11.3 Å². The van der Waals surface area contributed by atoms with E-state index in [1.807, 2.05) is 12.1 Å². The van der Waals surface area contributed by atoms with Gasteiger partial charge in [0.15, 0.2) is 0 Å². The average molecular weight is 332 g/mol. The number of benzene rings is 2. The molecule has 3 rings (SSSR count). The van der Waals surface area contributed by atoms with Gasteiger partial charge in [0, 0.05) is 18.7 Å². The van der Waals surface area contributed by atoms with Crippen molar-refractivity contribution in [3.05, 3.63) is 70.8 Å². The Morgan fingerprint density at radius 3 is 2.68 bits per heavy atom. The third-order valence-corrected chi connectivity index (χ3v) is 3.83. The van der Waals surface area contributed by atoms with Crippen molar-refractivity contribution < 1.29 is 4.79 Å². The van der Waals surface area contributed by atoms with Gasteiger partial charge in [0.1, 0.15) is 0 Å². The van der Waals surface area contributed by atoms with Gasteiger partial charge >= 0.3 is 0 Å². The van der Waals surface area contributed by atoms with Gasteiger partial charge in [-0.15, -0.1) is 0 Å². The van der Waals surface area contributed by atoms with Crippen molar-refractivity contribution >= 4 is 22.5 Å². The van der Waals surface area contributed by atoms with Gasteiger partial charge in [0.25, 0.3) is 5.56 Å². The lowest BCUT2D eigenvalue weighted by atomic mass is 10.2. The first kappa shape index (κ1) is 16.4. The molecule has 0 fully saturated rings. The molecule has 1 amide bonds. The van der Waals surface area contributed by atoms with Crippen LogP contribution in [0.1, 0.15) is 18.4 Å². The first-order valence-electron chi connectivity index (χ1n) is 7.91. The molecule has 124 valence electrons. The van der Waals surface area contributed by atoms with Crippen LogP contribution in [0.2, 0.25) is 0 Å². The summed E-state index contributed by atoms with van der Waals surface area (Å²) in [6.45, 7) is 0.428. The minimum atomic E-state index is -0.133. The number of anilines is 1. The molecule has 25 heavy (non-hydrogen) atoms. The number of aromatic nitrogens is 2. The van der Waals surface area contributed by atoms with Crippen LogP contribution < -0.4 is 10.9 Å². The highest BCUT2D eigenvalue weighted by Gasteiger charge is 2.06. The lowest BCUT2D eigenvalue weighted by Gasteiger charge is -2.07. The lowest BCUT2D eigenvalue weighted by Crippen LogP contribution is -2.21. The Labute approximate surface area is 144 Å². The Kier molecular flexibility index (Phi) is 4.86. The van der Waals surface area contributed by atoms with E-state index in [9.17, 15) is 9.59 Å². The minimum absolute atomic E-state index is 0.0990. The van der Waals surface area contributed by atoms with E-state index in [0.29, 0.717) is 41.5 Å². The first-order chi connectivity index (χ1) is 12.2. The van der Waals surface area contributed by atoms with Crippen LogP contribution in [0.15, 0.2) is 59.7 Å². The lowest BCUT2D eigenvalue weighted by molar-refractivity contribution is -0.116. The smallest absolute Gasteiger partial charge is 0.261 e. The maximum absolute atomic E-state index is 12.4. The van der Waals surface area contributed by atoms with Crippen LogP contribution in [-0.4, -0.2) is 15.5 Å². The maximum atomic E-state index is 12.4. The summed E-state index contributed by atoms with van der Waals surface area (Å²) in [5.74, 6) is -0.133. The molecule has 0 spiro atoms. The molecule has 1 heterocycles. The van der Waals surface area contributed by atoms with Crippen LogP contribution in [0.3, 0.4) is 0 Å². The van der Waals surface area contributed by atoms with Gasteiger partial charge in [0.05, 0.1) is 28.9 Å². The standard InChI is InChI=1S/C19H16N4O2/c20-12-14-7-9-15(10-8-14)22-18(24)6-3-11-23-13-21-17-5-2-1-4-16(17)19(23)25/h1-2,4-5,7-10,13H,3,6,11H2,(H,22,24). The predicted molar refractivity (Wildman–Crippen MR) is 95.0 cm³/mol. The molecule has 2 aromatic carbocycles. The Balaban J connectivity index is 1.57. The van der Waals surface area contributed by atoms with Crippen LogP contribution in [0.4, 0.5) is 5.69 Å². The number of amides is 1. The Hall–Kier alpha value is -3.46. The summed E-state index contributed by atoms with van der Waals surface area (Å²) >= 11 is 0. The average Bonchev–Trinajstić information content (AvgIpc) is 2.64. The van der Waals surface area contributed by atoms with E-state index in [0.717, 1.165) is 0 Å². The van der Waals surface area contributed by atoms with Crippen molar-refractivity contribution in [2.45, 2.75) is 19.4 Å². The van der Waals surface area contributed by atoms with E-state index in [-0.39, 0.29) is 11.5 Å². The van der Waals surface area contributed by atoms with Crippen molar-refractivity contribution in [1.29, 1.82) is 5.26 Å². The molecule has 0 aliphatic rings. The highest BCUT2D eigenvalue weighted by molar-refractivity contribution is 5.90. The van der Waals surface area contributed by atoms with Crippen molar-refractivity contribution in [2.75, 3.05) is 5.32 Å². The molecule has 0 aliphatic carbocycles. The summed E-state index contributed by atoms with van der Waals surface area (Å²) < 4.78 is 1.53. The van der Waals surface area contributed by atoms with Crippen LogP contribution >= 0.6 is 0 Å². The Morgan fingerprint density at radius 2 is 1.92 bits per heavy atom. The number of carbonyl (C=O) groups excluding carboxylic acids is 1. The summed E-state index contributed by atoms with van der Waals surface area (Å²) in [5.41, 5.74) is 1.76.